The van der Waals surface area contributed by atoms with Gasteiger partial charge in [-0.1, -0.05) is 46.3 Å². The van der Waals surface area contributed by atoms with Gasteiger partial charge in [0.1, 0.15) is 42.7 Å². The van der Waals surface area contributed by atoms with E-state index in [-0.39, 0.29) is 36.4 Å². The summed E-state index contributed by atoms with van der Waals surface area (Å²) in [5.41, 5.74) is -3.36. The molecule has 2 heterocycles. The molecule has 5 aliphatic carbocycles. The molecule has 21 atom stereocenters. The van der Waals surface area contributed by atoms with E-state index < -0.39 is 113 Å². The van der Waals surface area contributed by atoms with Crippen LogP contribution in [0, 0.1) is 50.7 Å². The van der Waals surface area contributed by atoms with Gasteiger partial charge in [0.15, 0.2) is 6.29 Å². The molecule has 4 saturated carbocycles. The molecule has 7 aliphatic rings. The number of aliphatic hydroxyl groups excluding tert-OH is 9. The second-order valence-electron chi connectivity index (χ2n) is 19.9. The molecule has 15 heteroatoms. The zero-order chi connectivity index (χ0) is 41.1. The Bertz CT molecular complexity index is 1520. The Balaban J connectivity index is 1.21. The molecule has 2 aliphatic heterocycles. The maximum atomic E-state index is 14.6. The highest BCUT2D eigenvalue weighted by Crippen LogP contribution is 2.76. The zero-order valence-electron chi connectivity index (χ0n) is 33.5. The first-order chi connectivity index (χ1) is 26.1. The van der Waals surface area contributed by atoms with Gasteiger partial charge in [-0.25, -0.2) is 0 Å². The first-order valence-corrected chi connectivity index (χ1v) is 20.6. The topological polar surface area (TPSA) is 256 Å². The van der Waals surface area contributed by atoms with Crippen LogP contribution in [0.1, 0.15) is 92.9 Å². The van der Waals surface area contributed by atoms with Gasteiger partial charge in [-0.3, -0.25) is 4.79 Å². The maximum absolute atomic E-state index is 14.6. The largest absolute Gasteiger partial charge is 0.432 e. The van der Waals surface area contributed by atoms with Crippen molar-refractivity contribution in [2.75, 3.05) is 19.8 Å². The average Bonchev–Trinajstić information content (AvgIpc) is 3.14. The van der Waals surface area contributed by atoms with E-state index in [0.717, 1.165) is 12.0 Å². The minimum absolute atomic E-state index is 0.0328. The molecule has 10 N–H and O–H groups in total. The second-order valence-corrected chi connectivity index (χ2v) is 19.9. The summed E-state index contributed by atoms with van der Waals surface area (Å²) < 4.78 is 23.3. The minimum Gasteiger partial charge on any atom is -0.432 e. The molecule has 0 bridgehead atoms. The van der Waals surface area contributed by atoms with Crippen LogP contribution < -0.4 is 0 Å². The zero-order valence-corrected chi connectivity index (χ0v) is 33.5. The van der Waals surface area contributed by atoms with Crippen molar-refractivity contribution in [2.45, 2.75) is 166 Å². The summed E-state index contributed by atoms with van der Waals surface area (Å²) in [6, 6.07) is 0. The molecule has 0 aromatic heterocycles. The van der Waals surface area contributed by atoms with Crippen molar-refractivity contribution in [1.82, 2.24) is 0 Å². The van der Waals surface area contributed by atoms with Crippen molar-refractivity contribution in [3.63, 3.8) is 0 Å². The molecule has 0 unspecified atom stereocenters. The lowest BCUT2D eigenvalue weighted by atomic mass is 9.33. The molecule has 0 aromatic rings. The molecule has 15 nitrogen and oxygen atoms in total. The highest BCUT2D eigenvalue weighted by Gasteiger charge is 2.72. The third-order valence-corrected chi connectivity index (χ3v) is 17.3. The van der Waals surface area contributed by atoms with Crippen molar-refractivity contribution in [1.29, 1.82) is 0 Å². The first-order valence-electron chi connectivity index (χ1n) is 20.6. The summed E-state index contributed by atoms with van der Waals surface area (Å²) >= 11 is 0. The lowest BCUT2D eigenvalue weighted by Gasteiger charge is -2.72. The number of rotatable bonds is 6. The number of fused-ring (bicyclic) bond motifs is 7. The lowest BCUT2D eigenvalue weighted by Crippen LogP contribution is -2.70. The normalized spacial score (nSPS) is 57.1. The van der Waals surface area contributed by atoms with Crippen LogP contribution in [-0.4, -0.2) is 150 Å². The van der Waals surface area contributed by atoms with Crippen LogP contribution >= 0.6 is 0 Å². The van der Waals surface area contributed by atoms with E-state index in [0.29, 0.717) is 44.9 Å². The quantitative estimate of drug-likeness (QED) is 0.0955. The average molecular weight is 799 g/mol. The van der Waals surface area contributed by atoms with Gasteiger partial charge in [-0.05, 0) is 92.3 Å². The molecule has 2 saturated heterocycles. The van der Waals surface area contributed by atoms with Gasteiger partial charge in [0.05, 0.1) is 43.0 Å². The summed E-state index contributed by atoms with van der Waals surface area (Å²) in [6.07, 6.45) is -9.19. The Hall–Kier alpha value is -1.31. The number of esters is 1. The summed E-state index contributed by atoms with van der Waals surface area (Å²) in [5.74, 6) is -1.52. The Kier molecular flexibility index (Phi) is 11.0. The minimum atomic E-state index is -1.74. The van der Waals surface area contributed by atoms with Gasteiger partial charge in [0.25, 0.3) is 0 Å². The van der Waals surface area contributed by atoms with E-state index in [1.54, 1.807) is 6.92 Å². The standard InChI is InChI=1S/C41H66O15/c1-19-26-20-7-8-25-36(2)15-21(44)32(55-33-30(49)27(46)22(45)17-53-33)37(3,18-43)24(36)9-10-39(25,5)38(20,4)11-13-41(26,14-12-40(19,6)52)35(51)56-34-31(50)29(48)28(47)23(16-42)54-34/h7,19,21-34,42-50,52H,8-18H2,1-6H3/t19-,21-,22+,23-,24-,25-,26-,27+,28-,29+,30-,31-,32+,33+,34+,36+,37+,38-,39-,40+,41-/m1/s1. The van der Waals surface area contributed by atoms with E-state index in [2.05, 4.69) is 26.8 Å². The maximum Gasteiger partial charge on any atom is 0.315 e. The van der Waals surface area contributed by atoms with Gasteiger partial charge >= 0.3 is 5.97 Å². The lowest BCUT2D eigenvalue weighted by molar-refractivity contribution is -0.328. The van der Waals surface area contributed by atoms with Gasteiger partial charge < -0.3 is 70.0 Å². The molecule has 0 amide bonds. The molecular weight excluding hydrogens is 732 g/mol. The van der Waals surface area contributed by atoms with Crippen LogP contribution in [0.25, 0.3) is 0 Å². The van der Waals surface area contributed by atoms with Crippen LogP contribution in [0.4, 0.5) is 0 Å². The van der Waals surface area contributed by atoms with E-state index in [1.165, 1.54) is 0 Å². The highest BCUT2D eigenvalue weighted by molar-refractivity contribution is 5.79. The fraction of sp³-hybridized carbons (Fsp3) is 0.927. The second kappa shape index (κ2) is 14.4. The number of carbonyl (C=O) groups is 1. The Morgan fingerprint density at radius 2 is 1.48 bits per heavy atom. The monoisotopic (exact) mass is 798 g/mol. The van der Waals surface area contributed by atoms with Crippen LogP contribution in [0.3, 0.4) is 0 Å². The highest BCUT2D eigenvalue weighted by atomic mass is 16.7. The fourth-order valence-corrected chi connectivity index (χ4v) is 13.6. The number of carbonyl (C=O) groups excluding carboxylic acids is 1. The Labute approximate surface area is 328 Å². The van der Waals surface area contributed by atoms with Gasteiger partial charge in [-0.15, -0.1) is 0 Å². The smallest absolute Gasteiger partial charge is 0.315 e. The SMILES string of the molecule is C[C@@H]1[C@@H]2C3=CC[C@@H]4[C@@]5(C)C[C@@H](O)[C@H](O[C@@H]6OC[C@H](O)[C@H](O)[C@H]6O)[C@@](C)(CO)[C@@H]5CC[C@@]4(C)[C@]3(C)CC[C@@]2(C(=O)O[C@@H]2O[C@H](CO)[C@@H](O)[C@H](O)[C@H]2O)CC[C@]1(C)O. The molecule has 7 rings (SSSR count). The van der Waals surface area contributed by atoms with Crippen LogP contribution in [0.15, 0.2) is 11.6 Å². The summed E-state index contributed by atoms with van der Waals surface area (Å²) in [5, 5.41) is 107. The summed E-state index contributed by atoms with van der Waals surface area (Å²) in [6.45, 7) is 11.2. The molecule has 0 aromatic carbocycles. The van der Waals surface area contributed by atoms with Crippen molar-refractivity contribution in [3.05, 3.63) is 11.6 Å². The van der Waals surface area contributed by atoms with Crippen LogP contribution in [0.2, 0.25) is 0 Å². The number of ether oxygens (including phenoxy) is 4. The molecule has 56 heavy (non-hydrogen) atoms. The predicted molar refractivity (Wildman–Crippen MR) is 196 cm³/mol. The molecule has 0 radical (unpaired) electrons. The summed E-state index contributed by atoms with van der Waals surface area (Å²) in [4.78, 5) is 14.6. The van der Waals surface area contributed by atoms with Crippen LogP contribution in [0.5, 0.6) is 0 Å². The third kappa shape index (κ3) is 5.96. The van der Waals surface area contributed by atoms with Crippen molar-refractivity contribution < 1.29 is 74.8 Å². The number of allylic oxidation sites excluding steroid dienone is 2. The van der Waals surface area contributed by atoms with Crippen LogP contribution in [-0.2, 0) is 23.7 Å². The Morgan fingerprint density at radius 3 is 2.14 bits per heavy atom. The van der Waals surface area contributed by atoms with E-state index in [4.69, 9.17) is 18.9 Å². The Morgan fingerprint density at radius 1 is 0.821 bits per heavy atom. The van der Waals surface area contributed by atoms with Gasteiger partial charge in [-0.2, -0.15) is 0 Å². The molecule has 320 valence electrons. The first kappa shape index (κ1) is 42.8. The fourth-order valence-electron chi connectivity index (χ4n) is 13.6. The van der Waals surface area contributed by atoms with Crippen molar-refractivity contribution >= 4 is 5.97 Å². The summed E-state index contributed by atoms with van der Waals surface area (Å²) in [7, 11) is 0. The molecular formula is C41H66O15. The van der Waals surface area contributed by atoms with E-state index >= 15 is 0 Å². The van der Waals surface area contributed by atoms with Gasteiger partial charge in [0.2, 0.25) is 6.29 Å². The number of hydrogen-bond acceptors (Lipinski definition) is 15. The third-order valence-electron chi connectivity index (χ3n) is 17.3. The van der Waals surface area contributed by atoms with Crippen molar-refractivity contribution in [2.24, 2.45) is 50.7 Å². The number of hydrogen-bond donors (Lipinski definition) is 10. The van der Waals surface area contributed by atoms with Crippen molar-refractivity contribution in [3.8, 4) is 0 Å². The molecule has 6 fully saturated rings. The van der Waals surface area contributed by atoms with Gasteiger partial charge in [0, 0.05) is 11.3 Å². The predicted octanol–water partition coefficient (Wildman–Crippen LogP) is -0.131. The van der Waals surface area contributed by atoms with E-state index in [1.807, 2.05) is 13.8 Å². The van der Waals surface area contributed by atoms with E-state index in [9.17, 15) is 55.9 Å². The molecule has 0 spiro atoms. The number of aliphatic hydroxyl groups is 10.